The number of ether oxygens (including phenoxy) is 6. The first kappa shape index (κ1) is 60.9. The maximum Gasteiger partial charge on any atom is 0.215 e. The molecule has 12 rings (SSSR count). The average Bonchev–Trinajstić information content (AvgIpc) is 4.46. The second-order valence-electron chi connectivity index (χ2n) is 20.7. The zero-order chi connectivity index (χ0) is 56.5. The van der Waals surface area contributed by atoms with Crippen LogP contribution in [-0.2, 0) is 56.7 Å². The Hall–Kier alpha value is -5.22. The largest absolute Gasteiger partial charge is 0.491 e. The molecule has 0 bridgehead atoms. The Labute approximate surface area is 521 Å². The van der Waals surface area contributed by atoms with E-state index in [1.807, 2.05) is 57.9 Å². The highest BCUT2D eigenvalue weighted by molar-refractivity contribution is 9.10. The molecule has 4 fully saturated rings. The van der Waals surface area contributed by atoms with Crippen LogP contribution >= 0.6 is 78.3 Å². The van der Waals surface area contributed by atoms with Crippen LogP contribution in [0.4, 0.5) is 11.4 Å². The zero-order valence-electron chi connectivity index (χ0n) is 45.4. The molecule has 4 aliphatic heterocycles. The van der Waals surface area contributed by atoms with Crippen LogP contribution in [0.2, 0.25) is 20.1 Å². The van der Waals surface area contributed by atoms with Crippen molar-refractivity contribution < 1.29 is 33.9 Å². The van der Waals surface area contributed by atoms with E-state index in [9.17, 15) is 0 Å². The molecule has 4 unspecified atom stereocenters. The summed E-state index contributed by atoms with van der Waals surface area (Å²) in [7, 11) is 0. The van der Waals surface area contributed by atoms with Gasteiger partial charge < -0.3 is 52.8 Å². The number of hydrogen-bond acceptors (Lipinski definition) is 12. The minimum atomic E-state index is -1.07. The lowest BCUT2D eigenvalue weighted by molar-refractivity contribution is -0.189. The maximum atomic E-state index is 6.58. The van der Waals surface area contributed by atoms with Crippen LogP contribution in [0.3, 0.4) is 0 Å². The van der Waals surface area contributed by atoms with E-state index in [2.05, 4.69) is 134 Å². The van der Waals surface area contributed by atoms with Crippen LogP contribution in [0.1, 0.15) is 22.3 Å². The lowest BCUT2D eigenvalue weighted by Crippen LogP contribution is -2.45. The van der Waals surface area contributed by atoms with Crippen molar-refractivity contribution in [2.45, 2.75) is 50.0 Å². The van der Waals surface area contributed by atoms with Gasteiger partial charge in [-0.2, -0.15) is 0 Å². The Morgan fingerprint density at radius 1 is 0.494 bits per heavy atom. The third kappa shape index (κ3) is 15.8. The number of aromatic nitrogens is 4. The minimum Gasteiger partial charge on any atom is -0.491 e. The molecular weight excluding hydrogens is 1270 g/mol. The fraction of sp³-hybridized carbons (Fsp3) is 0.323. The molecule has 0 amide bonds. The summed E-state index contributed by atoms with van der Waals surface area (Å²) < 4.78 is 43.8. The monoisotopic (exact) mass is 1330 g/mol. The molecule has 21 heteroatoms. The molecule has 2 aromatic heterocycles. The van der Waals surface area contributed by atoms with Crippen molar-refractivity contribution in [2.75, 3.05) is 88.6 Å². The first-order valence-corrected chi connectivity index (χ1v) is 30.4. The van der Waals surface area contributed by atoms with Gasteiger partial charge in [0.15, 0.2) is 0 Å². The number of piperazine rings is 2. The summed E-state index contributed by atoms with van der Waals surface area (Å²) in [5.74, 6) is -0.551. The molecule has 15 nitrogen and oxygen atoms in total. The van der Waals surface area contributed by atoms with Gasteiger partial charge in [-0.1, -0.05) is 115 Å². The number of benzene rings is 6. The molecule has 0 spiro atoms. The molecule has 4 atom stereocenters. The summed E-state index contributed by atoms with van der Waals surface area (Å²) in [4.78, 5) is 18.2. The number of imidazole rings is 2. The topological polar surface area (TPSA) is 135 Å². The molecule has 8 aromatic rings. The lowest BCUT2D eigenvalue weighted by atomic mass is 10.1. The quantitative estimate of drug-likeness (QED) is 0.0809. The van der Waals surface area contributed by atoms with Crippen molar-refractivity contribution in [1.29, 1.82) is 0 Å². The van der Waals surface area contributed by atoms with Crippen molar-refractivity contribution in [2.24, 2.45) is 0 Å². The standard InChI is InChI=1S/2C31H31BrCl2N4O3.H2O/c2*32-24-3-1-23(2-4-24)18-36-13-15-38(16-14-36)26-6-8-27(9-7-26)39-19-28-20-40-31(41-28,21-37-12-11-35-22-37)29-10-5-25(33)17-30(29)34;/h2*1-12,17,22,28H,13-16,18-21H2;1H2. The van der Waals surface area contributed by atoms with Crippen molar-refractivity contribution in [3.63, 3.8) is 0 Å². The molecule has 6 aromatic carbocycles. The second kappa shape index (κ2) is 28.3. The highest BCUT2D eigenvalue weighted by atomic mass is 79.9. The van der Waals surface area contributed by atoms with Gasteiger partial charge in [0.05, 0.1) is 49.0 Å². The molecule has 4 aliphatic rings. The summed E-state index contributed by atoms with van der Waals surface area (Å²) in [6.45, 7) is 12.3. The summed E-state index contributed by atoms with van der Waals surface area (Å²) in [6, 6.07) is 44.4. The Bertz CT molecular complexity index is 3090. The van der Waals surface area contributed by atoms with Gasteiger partial charge in [-0.05, 0) is 108 Å². The third-order valence-corrected chi connectivity index (χ3v) is 17.1. The first-order chi connectivity index (χ1) is 39.9. The zero-order valence-corrected chi connectivity index (χ0v) is 51.6. The van der Waals surface area contributed by atoms with Gasteiger partial charge >= 0.3 is 0 Å². The molecule has 6 heterocycles. The molecule has 0 radical (unpaired) electrons. The number of anilines is 2. The minimum absolute atomic E-state index is 0. The lowest BCUT2D eigenvalue weighted by Gasteiger charge is -2.36. The number of hydrogen-bond donors (Lipinski definition) is 0. The van der Waals surface area contributed by atoms with E-state index >= 15 is 0 Å². The van der Waals surface area contributed by atoms with Gasteiger partial charge in [0.2, 0.25) is 11.6 Å². The number of rotatable bonds is 18. The summed E-state index contributed by atoms with van der Waals surface area (Å²) in [6.07, 6.45) is 10.1. The van der Waals surface area contributed by atoms with E-state index < -0.39 is 11.6 Å². The van der Waals surface area contributed by atoms with Crippen LogP contribution in [0.15, 0.2) is 180 Å². The van der Waals surface area contributed by atoms with Gasteiger partial charge in [0.25, 0.3) is 0 Å². The Kier molecular flexibility index (Phi) is 20.8. The summed E-state index contributed by atoms with van der Waals surface area (Å²) in [5, 5.41) is 2.09. The van der Waals surface area contributed by atoms with Gasteiger partial charge in [0, 0.05) is 132 Å². The van der Waals surface area contributed by atoms with E-state index in [1.54, 1.807) is 49.3 Å². The molecular formula is C62H64Br2Cl4N8O7. The van der Waals surface area contributed by atoms with E-state index in [1.165, 1.54) is 22.5 Å². The maximum absolute atomic E-state index is 6.58. The molecule has 0 aliphatic carbocycles. The van der Waals surface area contributed by atoms with Gasteiger partial charge in [-0.25, -0.2) is 9.97 Å². The molecule has 436 valence electrons. The number of halogens is 6. The Morgan fingerprint density at radius 2 is 0.880 bits per heavy atom. The smallest absolute Gasteiger partial charge is 0.215 e. The van der Waals surface area contributed by atoms with E-state index in [0.29, 0.717) is 59.6 Å². The van der Waals surface area contributed by atoms with Crippen molar-refractivity contribution in [3.8, 4) is 11.5 Å². The SMILES string of the molecule is Clc1ccc(C2(Cn3ccnc3)OCC(COc3ccc(N4CCN(Cc5ccc(Br)cc5)CC4)cc3)O2)c(Cl)c1.Clc1ccc(C2(Cn3ccnc3)OCC(COc3ccc(N4CCN(Cc5ccc(Br)cc5)CC4)cc3)O2)c(Cl)c1.O. The second-order valence-corrected chi connectivity index (χ2v) is 24.2. The van der Waals surface area contributed by atoms with Gasteiger partial charge in [-0.3, -0.25) is 9.80 Å². The van der Waals surface area contributed by atoms with Crippen molar-refractivity contribution in [1.82, 2.24) is 28.9 Å². The average molecular weight is 1330 g/mol. The van der Waals surface area contributed by atoms with Crippen molar-refractivity contribution >= 4 is 89.6 Å². The molecule has 83 heavy (non-hydrogen) atoms. The molecule has 4 saturated heterocycles. The molecule has 2 N–H and O–H groups in total. The first-order valence-electron chi connectivity index (χ1n) is 27.3. The normalized spacial score (nSPS) is 21.1. The van der Waals surface area contributed by atoms with Crippen LogP contribution in [-0.4, -0.2) is 125 Å². The van der Waals surface area contributed by atoms with Crippen molar-refractivity contribution in [3.05, 3.63) is 222 Å². The van der Waals surface area contributed by atoms with Crippen LogP contribution in [0.25, 0.3) is 0 Å². The van der Waals surface area contributed by atoms with Gasteiger partial charge in [0.1, 0.15) is 36.9 Å². The van der Waals surface area contributed by atoms with E-state index in [0.717, 1.165) is 97.0 Å². The third-order valence-electron chi connectivity index (χ3n) is 15.0. The number of nitrogens with zero attached hydrogens (tertiary/aromatic N) is 8. The van der Waals surface area contributed by atoms with Crippen LogP contribution < -0.4 is 19.3 Å². The predicted molar refractivity (Wildman–Crippen MR) is 333 cm³/mol. The fourth-order valence-corrected chi connectivity index (χ4v) is 12.3. The van der Waals surface area contributed by atoms with Gasteiger partial charge in [-0.15, -0.1) is 0 Å². The Morgan fingerprint density at radius 3 is 1.23 bits per heavy atom. The Balaban J connectivity index is 0.000000183. The summed E-state index contributed by atoms with van der Waals surface area (Å²) >= 11 is 32.5. The summed E-state index contributed by atoms with van der Waals surface area (Å²) in [5.41, 5.74) is 6.54. The highest BCUT2D eigenvalue weighted by Gasteiger charge is 2.47. The fourth-order valence-electron chi connectivity index (χ4n) is 10.7. The van der Waals surface area contributed by atoms with Crippen LogP contribution in [0, 0.1) is 0 Å². The van der Waals surface area contributed by atoms with E-state index in [-0.39, 0.29) is 17.7 Å². The molecule has 0 saturated carbocycles. The van der Waals surface area contributed by atoms with E-state index in [4.69, 9.17) is 74.8 Å². The predicted octanol–water partition coefficient (Wildman–Crippen LogP) is 12.4. The highest BCUT2D eigenvalue weighted by Crippen LogP contribution is 2.42. The van der Waals surface area contributed by atoms with Crippen LogP contribution in [0.5, 0.6) is 11.5 Å².